The number of aromatic nitrogens is 1. The number of unbranched alkanes of at least 4 members (excludes halogenated alkanes) is 2. The number of nitrogens with zero attached hydrogens (tertiary/aromatic N) is 2. The van der Waals surface area contributed by atoms with Gasteiger partial charge in [0.25, 0.3) is 0 Å². The van der Waals surface area contributed by atoms with Gasteiger partial charge in [0, 0.05) is 54.2 Å². The van der Waals surface area contributed by atoms with Gasteiger partial charge in [-0.2, -0.15) is 0 Å². The Bertz CT molecular complexity index is 1980. The minimum atomic E-state index is -0.615. The number of phenolic OH excluding ortho intramolecular Hbond substituents is 1. The van der Waals surface area contributed by atoms with Crippen LogP contribution >= 0.6 is 0 Å². The molecule has 10 nitrogen and oxygen atoms in total. The summed E-state index contributed by atoms with van der Waals surface area (Å²) >= 11 is 0. The van der Waals surface area contributed by atoms with E-state index >= 15 is 0 Å². The molecule has 0 radical (unpaired) electrons. The van der Waals surface area contributed by atoms with E-state index in [0.717, 1.165) is 89.6 Å². The van der Waals surface area contributed by atoms with Gasteiger partial charge in [-0.15, -0.1) is 0 Å². The van der Waals surface area contributed by atoms with Crippen LogP contribution in [0, 0.1) is 0 Å². The number of carbonyl (C=O) groups excluding carboxylic acids is 1. The molecule has 1 aromatic heterocycles. The molecule has 3 aliphatic heterocycles. The smallest absolute Gasteiger partial charge is 0.223 e. The maximum absolute atomic E-state index is 13.5. The molecule has 10 heteroatoms. The Morgan fingerprint density at radius 3 is 2.63 bits per heavy atom. The van der Waals surface area contributed by atoms with E-state index in [1.807, 2.05) is 35.3 Å². The number of dihydropyridines is 1. The largest absolute Gasteiger partial charge is 0.504 e. The van der Waals surface area contributed by atoms with Crippen molar-refractivity contribution in [3.8, 4) is 11.5 Å². The number of phenols is 1. The first-order valence-corrected chi connectivity index (χ1v) is 19.6. The summed E-state index contributed by atoms with van der Waals surface area (Å²) in [5, 5.41) is 37.9. The molecule has 4 atom stereocenters. The van der Waals surface area contributed by atoms with Crippen LogP contribution in [-0.2, 0) is 29.2 Å². The van der Waals surface area contributed by atoms with E-state index in [2.05, 4.69) is 53.5 Å². The SMILES string of the molecule is CCCCCC1CC(O)CCc2cc(c(O)cc2CO)OCc2cc(C(CC(=O)N3CCC3)c3ccccc3)cc3cn(cc23)C2=C(C=CC(N)N2)CO1. The first kappa shape index (κ1) is 37.7. The van der Waals surface area contributed by atoms with E-state index in [-0.39, 0.29) is 43.1 Å². The monoisotopic (exact) mass is 734 g/mol. The van der Waals surface area contributed by atoms with Crippen molar-refractivity contribution < 1.29 is 29.6 Å². The van der Waals surface area contributed by atoms with E-state index in [9.17, 15) is 20.1 Å². The minimum absolute atomic E-state index is 0.0589. The van der Waals surface area contributed by atoms with Crippen LogP contribution in [0.2, 0.25) is 0 Å². The molecule has 1 amide bonds. The van der Waals surface area contributed by atoms with Crippen LogP contribution in [0.25, 0.3) is 16.6 Å². The third-order valence-electron chi connectivity index (χ3n) is 11.1. The third-order valence-corrected chi connectivity index (χ3v) is 11.1. The second kappa shape index (κ2) is 17.2. The second-order valence-corrected chi connectivity index (χ2v) is 15.0. The predicted octanol–water partition coefficient (Wildman–Crippen LogP) is 6.45. The molecule has 4 heterocycles. The number of fused-ring (bicyclic) bond motifs is 4. The Kier molecular flexibility index (Phi) is 12.0. The van der Waals surface area contributed by atoms with Crippen molar-refractivity contribution in [3.63, 3.8) is 0 Å². The number of rotatable bonds is 9. The number of hydrogen-bond acceptors (Lipinski definition) is 8. The van der Waals surface area contributed by atoms with Crippen LogP contribution < -0.4 is 15.8 Å². The number of carbonyl (C=O) groups is 1. The molecular weight excluding hydrogens is 681 g/mol. The molecule has 54 heavy (non-hydrogen) atoms. The lowest BCUT2D eigenvalue weighted by molar-refractivity contribution is -0.134. The molecule has 7 rings (SSSR count). The number of aliphatic hydroxyl groups excluding tert-OH is 2. The number of aliphatic hydroxyl groups is 2. The van der Waals surface area contributed by atoms with E-state index in [0.29, 0.717) is 43.6 Å². The average Bonchev–Trinajstić information content (AvgIpc) is 3.59. The number of hydrogen-bond donors (Lipinski definition) is 5. The zero-order chi connectivity index (χ0) is 37.6. The number of likely N-dealkylation sites (tertiary alicyclic amines) is 1. The molecule has 4 aromatic rings. The predicted molar refractivity (Wildman–Crippen MR) is 211 cm³/mol. The molecule has 3 aromatic carbocycles. The summed E-state index contributed by atoms with van der Waals surface area (Å²) in [4.78, 5) is 15.4. The van der Waals surface area contributed by atoms with Crippen molar-refractivity contribution >= 4 is 22.5 Å². The highest BCUT2D eigenvalue weighted by Crippen LogP contribution is 2.37. The normalized spacial score (nSPS) is 21.1. The maximum atomic E-state index is 13.5. The Hall–Kier alpha value is -4.61. The van der Waals surface area contributed by atoms with Gasteiger partial charge in [0.05, 0.1) is 31.6 Å². The van der Waals surface area contributed by atoms with Crippen LogP contribution in [0.3, 0.4) is 0 Å². The number of nitrogens with one attached hydrogen (secondary N) is 1. The Balaban J connectivity index is 1.34. The van der Waals surface area contributed by atoms with Gasteiger partial charge >= 0.3 is 0 Å². The van der Waals surface area contributed by atoms with Crippen molar-refractivity contribution in [1.29, 1.82) is 0 Å². The van der Waals surface area contributed by atoms with Crippen LogP contribution in [0.5, 0.6) is 11.5 Å². The highest BCUT2D eigenvalue weighted by molar-refractivity contribution is 5.88. The van der Waals surface area contributed by atoms with Gasteiger partial charge in [-0.1, -0.05) is 68.7 Å². The minimum Gasteiger partial charge on any atom is -0.504 e. The van der Waals surface area contributed by atoms with Gasteiger partial charge in [-0.3, -0.25) is 4.79 Å². The lowest BCUT2D eigenvalue weighted by Crippen LogP contribution is -2.42. The Morgan fingerprint density at radius 2 is 1.87 bits per heavy atom. The summed E-state index contributed by atoms with van der Waals surface area (Å²) in [7, 11) is 0. The maximum Gasteiger partial charge on any atom is 0.223 e. The van der Waals surface area contributed by atoms with Gasteiger partial charge < -0.3 is 45.3 Å². The summed E-state index contributed by atoms with van der Waals surface area (Å²) < 4.78 is 15.1. The zero-order valence-corrected chi connectivity index (χ0v) is 31.3. The van der Waals surface area contributed by atoms with Gasteiger partial charge in [-0.25, -0.2) is 0 Å². The molecule has 4 bridgehead atoms. The molecule has 4 unspecified atom stereocenters. The summed E-state index contributed by atoms with van der Waals surface area (Å²) in [6.07, 6.45) is 13.8. The molecule has 6 N–H and O–H groups in total. The molecule has 0 saturated carbocycles. The third kappa shape index (κ3) is 8.68. The van der Waals surface area contributed by atoms with Crippen molar-refractivity contribution in [3.05, 3.63) is 113 Å². The van der Waals surface area contributed by atoms with Gasteiger partial charge in [-0.05, 0) is 84.2 Å². The molecular formula is C44H54N4O6. The lowest BCUT2D eigenvalue weighted by atomic mass is 9.86. The highest BCUT2D eigenvalue weighted by Gasteiger charge is 2.27. The molecule has 3 aliphatic rings. The second-order valence-electron chi connectivity index (χ2n) is 15.0. The highest BCUT2D eigenvalue weighted by atomic mass is 16.5. The van der Waals surface area contributed by atoms with Crippen LogP contribution in [-0.4, -0.2) is 68.8 Å². The standard InChI is InChI=1S/C44H54N4O6/c1-2-3-5-11-37-22-36(50)14-12-30-21-41(40(51)20-34(30)26-49)54-28-35-19-32(38(29-9-6-4-7-10-29)23-43(52)47-16-8-17-47)18-33-24-48(25-39(33)35)44-31(27-53-37)13-15-42(45)46-44/h4,6-7,9-10,13,15,18-21,24-25,36-38,42,46,49-51H,2-3,5,8,11-12,14,16-17,22-23,26-28,45H2,1H3. The van der Waals surface area contributed by atoms with Crippen LogP contribution in [0.1, 0.15) is 92.0 Å². The average molecular weight is 735 g/mol. The fraction of sp³-hybridized carbons (Fsp3) is 0.432. The summed E-state index contributed by atoms with van der Waals surface area (Å²) in [6, 6.07) is 17.8. The van der Waals surface area contributed by atoms with E-state index in [4.69, 9.17) is 15.2 Å². The van der Waals surface area contributed by atoms with Crippen LogP contribution in [0.15, 0.2) is 84.7 Å². The number of nitrogens with two attached hydrogens (primary N) is 1. The van der Waals surface area contributed by atoms with Gasteiger partial charge in [0.15, 0.2) is 11.5 Å². The first-order chi connectivity index (χ1) is 26.3. The van der Waals surface area contributed by atoms with E-state index < -0.39 is 6.10 Å². The molecule has 1 saturated heterocycles. The van der Waals surface area contributed by atoms with Crippen molar-refractivity contribution in [2.24, 2.45) is 5.73 Å². The zero-order valence-electron chi connectivity index (χ0n) is 31.3. The molecule has 286 valence electrons. The quantitative estimate of drug-likeness (QED) is 0.124. The van der Waals surface area contributed by atoms with Crippen molar-refractivity contribution in [2.75, 3.05) is 19.7 Å². The molecule has 1 fully saturated rings. The van der Waals surface area contributed by atoms with E-state index in [1.54, 1.807) is 12.1 Å². The van der Waals surface area contributed by atoms with Crippen molar-refractivity contribution in [2.45, 2.75) is 102 Å². The number of amides is 1. The molecule has 0 spiro atoms. The number of benzene rings is 3. The summed E-state index contributed by atoms with van der Waals surface area (Å²) in [6.45, 7) is 4.02. The summed E-state index contributed by atoms with van der Waals surface area (Å²) in [5.74, 6) is 1.03. The number of aromatic hydroxyl groups is 1. The topological polar surface area (TPSA) is 142 Å². The summed E-state index contributed by atoms with van der Waals surface area (Å²) in [5.41, 5.74) is 11.7. The Morgan fingerprint density at radius 1 is 1.04 bits per heavy atom. The van der Waals surface area contributed by atoms with Gasteiger partial charge in [0.2, 0.25) is 5.91 Å². The first-order valence-electron chi connectivity index (χ1n) is 19.6. The van der Waals surface area contributed by atoms with E-state index in [1.165, 1.54) is 0 Å². The number of ether oxygens (including phenoxy) is 2. The fourth-order valence-electron chi connectivity index (χ4n) is 7.89. The lowest BCUT2D eigenvalue weighted by Gasteiger charge is -2.32. The fourth-order valence-corrected chi connectivity index (χ4v) is 7.89. The molecule has 0 aliphatic carbocycles. The Labute approximate surface area is 317 Å². The van der Waals surface area contributed by atoms with Crippen LogP contribution in [0.4, 0.5) is 0 Å². The number of aryl methyl sites for hydroxylation is 1. The van der Waals surface area contributed by atoms with Crippen molar-refractivity contribution in [1.82, 2.24) is 14.8 Å². The van der Waals surface area contributed by atoms with Gasteiger partial charge in [0.1, 0.15) is 12.4 Å².